The van der Waals surface area contributed by atoms with E-state index in [2.05, 4.69) is 22.5 Å². The first kappa shape index (κ1) is 16.4. The molecular formula is C18H22N4O2. The summed E-state index contributed by atoms with van der Waals surface area (Å²) in [7, 11) is 0. The molecule has 1 aromatic carbocycles. The van der Waals surface area contributed by atoms with E-state index in [1.54, 1.807) is 24.3 Å². The first-order valence-corrected chi connectivity index (χ1v) is 8.48. The largest absolute Gasteiger partial charge is 0.292 e. The van der Waals surface area contributed by atoms with Crippen molar-refractivity contribution in [1.29, 1.82) is 0 Å². The van der Waals surface area contributed by atoms with Crippen LogP contribution in [0.25, 0.3) is 10.8 Å². The summed E-state index contributed by atoms with van der Waals surface area (Å²) >= 11 is 0. The molecule has 0 bridgehead atoms. The number of hydrogen-bond acceptors (Lipinski definition) is 4. The number of rotatable bonds is 3. The Kier molecular flexibility index (Phi) is 4.74. The molecule has 0 radical (unpaired) electrons. The molecule has 24 heavy (non-hydrogen) atoms. The number of amides is 1. The van der Waals surface area contributed by atoms with Crippen molar-refractivity contribution in [3.8, 4) is 0 Å². The van der Waals surface area contributed by atoms with Gasteiger partial charge < -0.3 is 0 Å². The van der Waals surface area contributed by atoms with E-state index in [0.717, 1.165) is 25.0 Å². The van der Waals surface area contributed by atoms with Crippen LogP contribution in [0, 0.1) is 5.92 Å². The van der Waals surface area contributed by atoms with Crippen molar-refractivity contribution in [2.75, 3.05) is 0 Å². The zero-order chi connectivity index (χ0) is 17.1. The number of carbonyl (C=O) groups is 1. The van der Waals surface area contributed by atoms with Crippen LogP contribution in [0.2, 0.25) is 0 Å². The van der Waals surface area contributed by atoms with Gasteiger partial charge in [-0.15, -0.1) is 0 Å². The number of benzene rings is 1. The third-order valence-corrected chi connectivity index (χ3v) is 4.57. The number of aromatic nitrogens is 2. The quantitative estimate of drug-likeness (QED) is 0.881. The summed E-state index contributed by atoms with van der Waals surface area (Å²) in [6, 6.07) is 7.05. The third kappa shape index (κ3) is 3.09. The average molecular weight is 326 g/mol. The molecule has 1 saturated carbocycles. The van der Waals surface area contributed by atoms with E-state index < -0.39 is 0 Å². The fraction of sp³-hybridized carbons (Fsp3) is 0.444. The van der Waals surface area contributed by atoms with Crippen molar-refractivity contribution in [3.63, 3.8) is 0 Å². The van der Waals surface area contributed by atoms with Crippen LogP contribution in [-0.2, 0) is 6.54 Å². The predicted molar refractivity (Wildman–Crippen MR) is 94.2 cm³/mol. The summed E-state index contributed by atoms with van der Waals surface area (Å²) in [5.41, 5.74) is 3.72. The van der Waals surface area contributed by atoms with Gasteiger partial charge in [-0.2, -0.15) is 10.2 Å². The number of hydrogen-bond donors (Lipinski definition) is 1. The van der Waals surface area contributed by atoms with Gasteiger partial charge in [0.05, 0.1) is 5.39 Å². The summed E-state index contributed by atoms with van der Waals surface area (Å²) < 4.78 is 1.31. The van der Waals surface area contributed by atoms with Gasteiger partial charge in [0.2, 0.25) is 0 Å². The van der Waals surface area contributed by atoms with Crippen LogP contribution >= 0.6 is 0 Å². The Labute approximate surface area is 140 Å². The van der Waals surface area contributed by atoms with Crippen LogP contribution in [0.15, 0.2) is 34.2 Å². The Morgan fingerprint density at radius 1 is 1.33 bits per heavy atom. The summed E-state index contributed by atoms with van der Waals surface area (Å²) in [4.78, 5) is 24.9. The number of fused-ring (bicyclic) bond motifs is 1. The fourth-order valence-corrected chi connectivity index (χ4v) is 3.13. The highest BCUT2D eigenvalue weighted by Gasteiger charge is 2.18. The molecule has 126 valence electrons. The Morgan fingerprint density at radius 2 is 2.08 bits per heavy atom. The van der Waals surface area contributed by atoms with Gasteiger partial charge in [-0.25, -0.2) is 10.1 Å². The van der Waals surface area contributed by atoms with Crippen molar-refractivity contribution in [2.45, 2.75) is 46.1 Å². The molecular weight excluding hydrogens is 304 g/mol. The maximum absolute atomic E-state index is 12.6. The Hall–Kier alpha value is -2.50. The summed E-state index contributed by atoms with van der Waals surface area (Å²) in [5, 5.41) is 9.59. The normalized spacial score (nSPS) is 19.6. The molecule has 1 aromatic heterocycles. The number of aryl methyl sites for hydroxylation is 1. The van der Waals surface area contributed by atoms with Crippen LogP contribution in [0.1, 0.15) is 50.0 Å². The molecule has 1 aliphatic rings. The molecule has 1 fully saturated rings. The van der Waals surface area contributed by atoms with E-state index in [-0.39, 0.29) is 17.2 Å². The Morgan fingerprint density at radius 3 is 2.79 bits per heavy atom. The standard InChI is InChI=1S/C18H22N4O2/c1-3-22-18(24)14-10-6-5-9-13(14)16(21-22)17(23)20-19-15-11-7-4-8-12(15)2/h5-6,9-10,12H,3-4,7-8,11H2,1-2H3,(H,20,23)/b19-15-/t12-/m0/s1. The average Bonchev–Trinajstić information content (AvgIpc) is 2.61. The van der Waals surface area contributed by atoms with Gasteiger partial charge in [-0.1, -0.05) is 31.5 Å². The van der Waals surface area contributed by atoms with Crippen molar-refractivity contribution >= 4 is 22.4 Å². The van der Waals surface area contributed by atoms with Gasteiger partial charge >= 0.3 is 0 Å². The topological polar surface area (TPSA) is 76.3 Å². The lowest BCUT2D eigenvalue weighted by Gasteiger charge is -2.19. The van der Waals surface area contributed by atoms with E-state index in [1.165, 1.54) is 11.1 Å². The lowest BCUT2D eigenvalue weighted by molar-refractivity contribution is 0.0949. The Bertz CT molecular complexity index is 854. The molecule has 0 spiro atoms. The molecule has 2 aromatic rings. The number of nitrogens with one attached hydrogen (secondary N) is 1. The van der Waals surface area contributed by atoms with E-state index in [9.17, 15) is 9.59 Å². The first-order chi connectivity index (χ1) is 11.6. The third-order valence-electron chi connectivity index (χ3n) is 4.57. The molecule has 3 rings (SSSR count). The number of carbonyl (C=O) groups excluding carboxylic acids is 1. The van der Waals surface area contributed by atoms with E-state index in [1.807, 2.05) is 6.92 Å². The van der Waals surface area contributed by atoms with E-state index in [4.69, 9.17) is 0 Å². The molecule has 0 saturated heterocycles. The molecule has 1 N–H and O–H groups in total. The highest BCUT2D eigenvalue weighted by Crippen LogP contribution is 2.21. The van der Waals surface area contributed by atoms with Crippen molar-refractivity contribution in [2.24, 2.45) is 11.0 Å². The minimum absolute atomic E-state index is 0.183. The number of hydrazone groups is 1. The van der Waals surface area contributed by atoms with Crippen LogP contribution in [0.3, 0.4) is 0 Å². The molecule has 0 unspecified atom stereocenters. The minimum Gasteiger partial charge on any atom is -0.267 e. The van der Waals surface area contributed by atoms with Crippen LogP contribution < -0.4 is 11.0 Å². The van der Waals surface area contributed by atoms with Crippen molar-refractivity contribution in [1.82, 2.24) is 15.2 Å². The van der Waals surface area contributed by atoms with Gasteiger partial charge in [0.25, 0.3) is 11.5 Å². The summed E-state index contributed by atoms with van der Waals surface area (Å²) in [6.45, 7) is 4.37. The zero-order valence-electron chi connectivity index (χ0n) is 14.1. The van der Waals surface area contributed by atoms with Gasteiger partial charge in [0, 0.05) is 17.6 Å². The van der Waals surface area contributed by atoms with Crippen LogP contribution in [0.4, 0.5) is 0 Å². The summed E-state index contributed by atoms with van der Waals surface area (Å²) in [5.74, 6) is 0.0204. The van der Waals surface area contributed by atoms with Crippen LogP contribution in [-0.4, -0.2) is 21.4 Å². The first-order valence-electron chi connectivity index (χ1n) is 8.48. The highest BCUT2D eigenvalue weighted by atomic mass is 16.2. The zero-order valence-corrected chi connectivity index (χ0v) is 14.1. The molecule has 6 nitrogen and oxygen atoms in total. The minimum atomic E-state index is -0.376. The maximum Gasteiger partial charge on any atom is 0.292 e. The SMILES string of the molecule is CCn1nc(C(=O)N/N=C2/CCCC[C@@H]2C)c2ccccc2c1=O. The van der Waals surface area contributed by atoms with Crippen molar-refractivity contribution < 1.29 is 4.79 Å². The highest BCUT2D eigenvalue weighted by molar-refractivity contribution is 6.05. The Balaban J connectivity index is 1.96. The molecule has 1 aliphatic carbocycles. The van der Waals surface area contributed by atoms with Gasteiger partial charge in [0.15, 0.2) is 5.69 Å². The monoisotopic (exact) mass is 326 g/mol. The fourth-order valence-electron chi connectivity index (χ4n) is 3.13. The molecule has 1 amide bonds. The lowest BCUT2D eigenvalue weighted by Crippen LogP contribution is -2.29. The second kappa shape index (κ2) is 6.95. The molecule has 1 heterocycles. The summed E-state index contributed by atoms with van der Waals surface area (Å²) in [6.07, 6.45) is 4.35. The van der Waals surface area contributed by atoms with E-state index in [0.29, 0.717) is 23.2 Å². The smallest absolute Gasteiger partial charge is 0.267 e. The van der Waals surface area contributed by atoms with Crippen LogP contribution in [0.5, 0.6) is 0 Å². The maximum atomic E-state index is 12.6. The van der Waals surface area contributed by atoms with E-state index >= 15 is 0 Å². The molecule has 0 aliphatic heterocycles. The van der Waals surface area contributed by atoms with Gasteiger partial charge in [0.1, 0.15) is 0 Å². The second-order valence-corrected chi connectivity index (χ2v) is 6.21. The second-order valence-electron chi connectivity index (χ2n) is 6.21. The van der Waals surface area contributed by atoms with Crippen molar-refractivity contribution in [3.05, 3.63) is 40.3 Å². The van der Waals surface area contributed by atoms with Gasteiger partial charge in [-0.3, -0.25) is 9.59 Å². The predicted octanol–water partition coefficient (Wildman–Crippen LogP) is 2.71. The molecule has 6 heteroatoms. The van der Waals surface area contributed by atoms with Gasteiger partial charge in [-0.05, 0) is 38.2 Å². The molecule has 1 atom stereocenters. The lowest BCUT2D eigenvalue weighted by atomic mass is 9.89. The number of nitrogens with zero attached hydrogens (tertiary/aromatic N) is 3.